The molecule has 0 saturated carbocycles. The van der Waals surface area contributed by atoms with Crippen molar-refractivity contribution in [2.45, 2.75) is 38.6 Å². The molecule has 18 heavy (non-hydrogen) atoms. The molecule has 0 radical (unpaired) electrons. The van der Waals surface area contributed by atoms with Gasteiger partial charge in [0.1, 0.15) is 0 Å². The lowest BCUT2D eigenvalue weighted by molar-refractivity contribution is 0.591. The molecule has 2 rings (SSSR count). The van der Waals surface area contributed by atoms with Gasteiger partial charge >= 0.3 is 0 Å². The maximum absolute atomic E-state index is 6.00. The zero-order chi connectivity index (χ0) is 13.2. The highest BCUT2D eigenvalue weighted by Crippen LogP contribution is 2.23. The Balaban J connectivity index is 2.18. The zero-order valence-corrected chi connectivity index (χ0v) is 12.1. The lowest BCUT2D eigenvalue weighted by atomic mass is 10.1. The Hall–Kier alpha value is -1.00. The van der Waals surface area contributed by atoms with Crippen molar-refractivity contribution in [2.75, 3.05) is 5.75 Å². The molecule has 0 spiro atoms. The van der Waals surface area contributed by atoms with Crippen LogP contribution in [0, 0.1) is 0 Å². The van der Waals surface area contributed by atoms with Gasteiger partial charge in [0.2, 0.25) is 0 Å². The molecule has 1 aromatic carbocycles. The van der Waals surface area contributed by atoms with E-state index in [1.54, 1.807) is 0 Å². The van der Waals surface area contributed by atoms with Crippen molar-refractivity contribution in [1.29, 1.82) is 0 Å². The highest BCUT2D eigenvalue weighted by Gasteiger charge is 2.13. The normalized spacial score (nSPS) is 12.2. The lowest BCUT2D eigenvalue weighted by Gasteiger charge is -2.16. The highest BCUT2D eigenvalue weighted by molar-refractivity contribution is 7.98. The summed E-state index contributed by atoms with van der Waals surface area (Å²) in [7, 11) is 0. The molecule has 0 aliphatic rings. The number of fused-ring (bicyclic) bond motifs is 1. The van der Waals surface area contributed by atoms with E-state index >= 15 is 0 Å². The van der Waals surface area contributed by atoms with E-state index in [1.165, 1.54) is 16.6 Å². The number of para-hydroxylation sites is 1. The fraction of sp³-hybridized carbons (Fsp3) is 0.500. The molecule has 4 heteroatoms. The van der Waals surface area contributed by atoms with Gasteiger partial charge in [-0.3, -0.25) is 4.68 Å². The molecule has 0 aliphatic heterocycles. The summed E-state index contributed by atoms with van der Waals surface area (Å²) in [6.07, 6.45) is 0. The van der Waals surface area contributed by atoms with Gasteiger partial charge in [-0.2, -0.15) is 16.9 Å². The third-order valence-electron chi connectivity index (χ3n) is 2.75. The van der Waals surface area contributed by atoms with Crippen LogP contribution in [0.25, 0.3) is 10.9 Å². The van der Waals surface area contributed by atoms with Crippen LogP contribution in [0.2, 0.25) is 0 Å². The maximum atomic E-state index is 6.00. The first-order chi connectivity index (χ1) is 8.51. The number of nitrogens with zero attached hydrogens (tertiary/aromatic N) is 2. The van der Waals surface area contributed by atoms with Gasteiger partial charge < -0.3 is 5.73 Å². The SMILES string of the molecule is CCn1nc(CSCC(C)(C)N)c2ccccc21. The van der Waals surface area contributed by atoms with Crippen LogP contribution in [0.5, 0.6) is 0 Å². The van der Waals surface area contributed by atoms with E-state index in [2.05, 4.69) is 54.8 Å². The van der Waals surface area contributed by atoms with Crippen molar-refractivity contribution in [3.63, 3.8) is 0 Å². The smallest absolute Gasteiger partial charge is 0.0802 e. The number of thioether (sulfide) groups is 1. The predicted octanol–water partition coefficient (Wildman–Crippen LogP) is 3.03. The van der Waals surface area contributed by atoms with Crippen molar-refractivity contribution >= 4 is 22.7 Å². The topological polar surface area (TPSA) is 43.8 Å². The van der Waals surface area contributed by atoms with Gasteiger partial charge in [-0.05, 0) is 26.8 Å². The van der Waals surface area contributed by atoms with E-state index in [-0.39, 0.29) is 5.54 Å². The summed E-state index contributed by atoms with van der Waals surface area (Å²) in [4.78, 5) is 0. The fourth-order valence-electron chi connectivity index (χ4n) is 1.95. The largest absolute Gasteiger partial charge is 0.325 e. The first-order valence-electron chi connectivity index (χ1n) is 6.32. The molecular weight excluding hydrogens is 242 g/mol. The molecule has 0 fully saturated rings. The van der Waals surface area contributed by atoms with Crippen molar-refractivity contribution in [1.82, 2.24) is 9.78 Å². The van der Waals surface area contributed by atoms with E-state index in [1.807, 2.05) is 11.8 Å². The van der Waals surface area contributed by atoms with Gasteiger partial charge in [-0.15, -0.1) is 0 Å². The number of aromatic nitrogens is 2. The third kappa shape index (κ3) is 3.06. The van der Waals surface area contributed by atoms with Crippen LogP contribution < -0.4 is 5.73 Å². The number of nitrogens with two attached hydrogens (primary N) is 1. The van der Waals surface area contributed by atoms with E-state index < -0.39 is 0 Å². The molecule has 0 amide bonds. The van der Waals surface area contributed by atoms with Crippen molar-refractivity contribution in [3.8, 4) is 0 Å². The quantitative estimate of drug-likeness (QED) is 0.901. The Bertz CT molecular complexity index is 525. The number of benzene rings is 1. The van der Waals surface area contributed by atoms with Crippen LogP contribution in [-0.4, -0.2) is 21.1 Å². The summed E-state index contributed by atoms with van der Waals surface area (Å²) in [6.45, 7) is 7.15. The minimum Gasteiger partial charge on any atom is -0.325 e. The number of aryl methyl sites for hydroxylation is 1. The fourth-order valence-corrected chi connectivity index (χ4v) is 2.99. The Labute approximate surface area is 113 Å². The maximum Gasteiger partial charge on any atom is 0.0802 e. The molecule has 2 N–H and O–H groups in total. The number of hydrogen-bond donors (Lipinski definition) is 1. The summed E-state index contributed by atoms with van der Waals surface area (Å²) in [5, 5.41) is 5.95. The second-order valence-corrected chi connectivity index (χ2v) is 6.25. The minimum absolute atomic E-state index is 0.117. The van der Waals surface area contributed by atoms with Crippen molar-refractivity contribution in [2.24, 2.45) is 5.73 Å². The standard InChI is InChI=1S/C14H21N3S/c1-4-17-13-8-6-5-7-11(13)12(16-17)9-18-10-14(2,3)15/h5-8H,4,9-10,15H2,1-3H3. The number of hydrogen-bond acceptors (Lipinski definition) is 3. The highest BCUT2D eigenvalue weighted by atomic mass is 32.2. The Morgan fingerprint density at radius 2 is 2.06 bits per heavy atom. The molecule has 2 aromatic rings. The van der Waals surface area contributed by atoms with E-state index in [4.69, 9.17) is 5.73 Å². The Kier molecular flexibility index (Phi) is 3.97. The molecule has 0 bridgehead atoms. The second kappa shape index (κ2) is 5.33. The summed E-state index contributed by atoms with van der Waals surface area (Å²) < 4.78 is 2.07. The summed E-state index contributed by atoms with van der Waals surface area (Å²) in [5.41, 5.74) is 8.27. The Morgan fingerprint density at radius 1 is 1.33 bits per heavy atom. The molecule has 3 nitrogen and oxygen atoms in total. The van der Waals surface area contributed by atoms with Gasteiger partial charge in [0.05, 0.1) is 11.2 Å². The first kappa shape index (κ1) is 13.4. The molecule has 0 aliphatic carbocycles. The van der Waals surface area contributed by atoms with E-state index in [9.17, 15) is 0 Å². The molecule has 98 valence electrons. The summed E-state index contributed by atoms with van der Waals surface area (Å²) >= 11 is 1.85. The van der Waals surface area contributed by atoms with E-state index in [0.717, 1.165) is 18.1 Å². The summed E-state index contributed by atoms with van der Waals surface area (Å²) in [6, 6.07) is 8.42. The Morgan fingerprint density at radius 3 is 2.72 bits per heavy atom. The van der Waals surface area contributed by atoms with Crippen LogP contribution >= 0.6 is 11.8 Å². The molecule has 0 unspecified atom stereocenters. The van der Waals surface area contributed by atoms with Gasteiger partial charge in [-0.1, -0.05) is 18.2 Å². The van der Waals surface area contributed by atoms with Crippen LogP contribution in [0.4, 0.5) is 0 Å². The average molecular weight is 263 g/mol. The van der Waals surface area contributed by atoms with Crippen LogP contribution in [0.15, 0.2) is 24.3 Å². The van der Waals surface area contributed by atoms with E-state index in [0.29, 0.717) is 0 Å². The molecule has 1 heterocycles. The summed E-state index contributed by atoms with van der Waals surface area (Å²) in [5.74, 6) is 1.87. The second-order valence-electron chi connectivity index (χ2n) is 5.26. The zero-order valence-electron chi connectivity index (χ0n) is 11.3. The first-order valence-corrected chi connectivity index (χ1v) is 7.48. The van der Waals surface area contributed by atoms with Crippen LogP contribution in [-0.2, 0) is 12.3 Å². The minimum atomic E-state index is -0.117. The van der Waals surface area contributed by atoms with Gasteiger partial charge in [0.25, 0.3) is 0 Å². The molecular formula is C14H21N3S. The molecule has 1 aromatic heterocycles. The van der Waals surface area contributed by atoms with Crippen molar-refractivity contribution in [3.05, 3.63) is 30.0 Å². The molecule has 0 saturated heterocycles. The van der Waals surface area contributed by atoms with Crippen LogP contribution in [0.3, 0.4) is 0 Å². The molecule has 0 atom stereocenters. The van der Waals surface area contributed by atoms with Gasteiger partial charge in [0, 0.05) is 29.0 Å². The number of rotatable bonds is 5. The van der Waals surface area contributed by atoms with Crippen LogP contribution in [0.1, 0.15) is 26.5 Å². The predicted molar refractivity (Wildman–Crippen MR) is 79.8 cm³/mol. The van der Waals surface area contributed by atoms with Gasteiger partial charge in [-0.25, -0.2) is 0 Å². The van der Waals surface area contributed by atoms with Gasteiger partial charge in [0.15, 0.2) is 0 Å². The lowest BCUT2D eigenvalue weighted by Crippen LogP contribution is -2.34. The monoisotopic (exact) mass is 263 g/mol. The third-order valence-corrected chi connectivity index (χ3v) is 4.17. The average Bonchev–Trinajstić information content (AvgIpc) is 2.66. The van der Waals surface area contributed by atoms with Crippen molar-refractivity contribution < 1.29 is 0 Å².